The molecular formula is C26H29NO5S. The smallest absolute Gasteiger partial charge is 0.318 e. The molecule has 0 radical (unpaired) electrons. The van der Waals surface area contributed by atoms with Gasteiger partial charge in [0.15, 0.2) is 0 Å². The number of benzene rings is 3. The number of para-hydroxylation sites is 1. The molecule has 0 heterocycles. The van der Waals surface area contributed by atoms with Crippen LogP contribution in [0.5, 0.6) is 17.2 Å². The van der Waals surface area contributed by atoms with Gasteiger partial charge in [-0.15, -0.1) is 0 Å². The van der Waals surface area contributed by atoms with Crippen molar-refractivity contribution in [2.75, 3.05) is 14.2 Å². The Labute approximate surface area is 197 Å². The van der Waals surface area contributed by atoms with Gasteiger partial charge in [0.1, 0.15) is 17.2 Å². The Kier molecular flexibility index (Phi) is 8.11. The topological polar surface area (TPSA) is 73.9 Å². The number of carbonyl (C=O) groups excluding carboxylic acids is 1. The summed E-state index contributed by atoms with van der Waals surface area (Å²) in [5, 5.41) is 0. The van der Waals surface area contributed by atoms with E-state index in [1.54, 1.807) is 26.4 Å². The molecule has 1 unspecified atom stereocenters. The van der Waals surface area contributed by atoms with Crippen molar-refractivity contribution < 1.29 is 22.7 Å². The van der Waals surface area contributed by atoms with Crippen molar-refractivity contribution in [2.24, 2.45) is 0 Å². The zero-order chi connectivity index (χ0) is 23.8. The van der Waals surface area contributed by atoms with E-state index in [2.05, 4.69) is 11.6 Å². The molecule has 0 aliphatic heterocycles. The third-order valence-electron chi connectivity index (χ3n) is 5.76. The predicted molar refractivity (Wildman–Crippen MR) is 130 cm³/mol. The van der Waals surface area contributed by atoms with Crippen molar-refractivity contribution in [3.05, 3.63) is 89.5 Å². The molecule has 3 rings (SSSR count). The first-order valence-corrected chi connectivity index (χ1v) is 11.7. The van der Waals surface area contributed by atoms with Gasteiger partial charge in [0, 0.05) is 11.8 Å². The molecule has 33 heavy (non-hydrogen) atoms. The quantitative estimate of drug-likeness (QED) is 0.460. The fourth-order valence-electron chi connectivity index (χ4n) is 3.63. The Balaban J connectivity index is 1.74. The number of aryl methyl sites for hydroxylation is 1. The molecule has 1 amide bonds. The summed E-state index contributed by atoms with van der Waals surface area (Å²) >= 11 is -1.97. The molecule has 0 bridgehead atoms. The van der Waals surface area contributed by atoms with Gasteiger partial charge in [0.2, 0.25) is 5.91 Å². The largest absolute Gasteiger partial charge is 0.497 e. The van der Waals surface area contributed by atoms with Crippen molar-refractivity contribution in [1.29, 1.82) is 0 Å². The maximum absolute atomic E-state index is 12.6. The second kappa shape index (κ2) is 11.0. The Morgan fingerprint density at radius 1 is 0.879 bits per heavy atom. The summed E-state index contributed by atoms with van der Waals surface area (Å²) in [6.07, 6.45) is 0.663. The van der Waals surface area contributed by atoms with Gasteiger partial charge in [-0.3, -0.25) is 4.79 Å². The van der Waals surface area contributed by atoms with Crippen LogP contribution in [0.25, 0.3) is 0 Å². The molecule has 3 aromatic carbocycles. The molecule has 0 aromatic heterocycles. The fraction of sp³-hybridized carbons (Fsp3) is 0.269. The molecule has 1 N–H and O–H groups in total. The van der Waals surface area contributed by atoms with Crippen molar-refractivity contribution in [3.63, 3.8) is 0 Å². The molecule has 0 fully saturated rings. The highest BCUT2D eigenvalue weighted by atomic mass is 32.2. The predicted octanol–water partition coefficient (Wildman–Crippen LogP) is 4.87. The summed E-state index contributed by atoms with van der Waals surface area (Å²) < 4.78 is 30.7. The minimum Gasteiger partial charge on any atom is -0.497 e. The van der Waals surface area contributed by atoms with Gasteiger partial charge in [-0.05, 0) is 60.4 Å². The SMILES string of the molecule is COc1ccc(C(C)(CCC(=O)NS(=O)Oc2ccccc2C)c2ccc(OC)cc2)cc1. The standard InChI is InChI=1S/C26H29NO5S/c1-19-7-5-6-8-24(19)32-33(29)27-25(28)17-18-26(2,20-9-13-22(30-3)14-10-20)21-11-15-23(31-4)16-12-21/h5-16H,17-18H2,1-4H3,(H,27,28). The molecule has 0 saturated carbocycles. The number of methoxy groups -OCH3 is 2. The van der Waals surface area contributed by atoms with Gasteiger partial charge in [-0.2, -0.15) is 4.21 Å². The van der Waals surface area contributed by atoms with Crippen LogP contribution in [0.4, 0.5) is 0 Å². The highest BCUT2D eigenvalue weighted by Crippen LogP contribution is 2.38. The molecule has 7 heteroatoms. The Hall–Kier alpha value is -3.32. The Bertz CT molecular complexity index is 1050. The third-order valence-corrected chi connectivity index (χ3v) is 6.49. The normalized spacial score (nSPS) is 12.0. The van der Waals surface area contributed by atoms with E-state index in [1.807, 2.05) is 67.6 Å². The van der Waals surface area contributed by atoms with Crippen LogP contribution < -0.4 is 18.4 Å². The summed E-state index contributed by atoms with van der Waals surface area (Å²) in [7, 11) is 3.25. The van der Waals surface area contributed by atoms with Crippen molar-refractivity contribution in [3.8, 4) is 17.2 Å². The average Bonchev–Trinajstić information content (AvgIpc) is 2.84. The summed E-state index contributed by atoms with van der Waals surface area (Å²) in [5.74, 6) is 1.64. The molecule has 0 saturated heterocycles. The van der Waals surface area contributed by atoms with Gasteiger partial charge in [0.05, 0.1) is 14.2 Å². The zero-order valence-electron chi connectivity index (χ0n) is 19.3. The number of carbonyl (C=O) groups is 1. The zero-order valence-corrected chi connectivity index (χ0v) is 20.1. The number of ether oxygens (including phenoxy) is 2. The number of hydrogen-bond donors (Lipinski definition) is 1. The van der Waals surface area contributed by atoms with Gasteiger partial charge >= 0.3 is 11.3 Å². The lowest BCUT2D eigenvalue weighted by Crippen LogP contribution is -2.31. The first-order chi connectivity index (χ1) is 15.9. The number of hydrogen-bond acceptors (Lipinski definition) is 5. The molecule has 3 aromatic rings. The number of amides is 1. The van der Waals surface area contributed by atoms with Crippen LogP contribution in [0.3, 0.4) is 0 Å². The Morgan fingerprint density at radius 2 is 1.39 bits per heavy atom. The lowest BCUT2D eigenvalue weighted by molar-refractivity contribution is -0.119. The van der Waals surface area contributed by atoms with Gasteiger partial charge in [-0.25, -0.2) is 4.72 Å². The first-order valence-electron chi connectivity index (χ1n) is 10.6. The second-order valence-corrected chi connectivity index (χ2v) is 8.74. The van der Waals surface area contributed by atoms with Crippen LogP contribution in [0.2, 0.25) is 0 Å². The van der Waals surface area contributed by atoms with Crippen molar-refractivity contribution in [2.45, 2.75) is 32.1 Å². The molecule has 6 nitrogen and oxygen atoms in total. The Morgan fingerprint density at radius 3 is 1.88 bits per heavy atom. The van der Waals surface area contributed by atoms with E-state index in [1.165, 1.54) is 0 Å². The van der Waals surface area contributed by atoms with Gasteiger partial charge in [0.25, 0.3) is 0 Å². The summed E-state index contributed by atoms with van der Waals surface area (Å²) in [5.41, 5.74) is 2.46. The summed E-state index contributed by atoms with van der Waals surface area (Å²) in [4.78, 5) is 12.6. The maximum atomic E-state index is 12.6. The third kappa shape index (κ3) is 6.14. The minimum atomic E-state index is -1.97. The highest BCUT2D eigenvalue weighted by Gasteiger charge is 2.30. The molecule has 1 atom stereocenters. The van der Waals surface area contributed by atoms with Crippen molar-refractivity contribution >= 4 is 17.2 Å². The molecule has 0 aliphatic carbocycles. The van der Waals surface area contributed by atoms with E-state index in [4.69, 9.17) is 13.7 Å². The number of rotatable bonds is 10. The molecular weight excluding hydrogens is 438 g/mol. The second-order valence-electron chi connectivity index (χ2n) is 7.90. The van der Waals surface area contributed by atoms with Crippen molar-refractivity contribution in [1.82, 2.24) is 4.72 Å². The van der Waals surface area contributed by atoms with Gasteiger partial charge < -0.3 is 13.7 Å². The van der Waals surface area contributed by atoms with E-state index >= 15 is 0 Å². The fourth-order valence-corrected chi connectivity index (χ4v) is 4.31. The van der Waals surface area contributed by atoms with E-state index in [0.717, 1.165) is 28.2 Å². The van der Waals surface area contributed by atoms with Crippen LogP contribution in [0.1, 0.15) is 36.5 Å². The van der Waals surface area contributed by atoms with Crippen LogP contribution in [0.15, 0.2) is 72.8 Å². The number of nitrogens with one attached hydrogen (secondary N) is 1. The van der Waals surface area contributed by atoms with Crippen LogP contribution in [0, 0.1) is 6.92 Å². The molecule has 174 valence electrons. The van der Waals surface area contributed by atoms with E-state index < -0.39 is 16.7 Å². The van der Waals surface area contributed by atoms with Gasteiger partial charge in [-0.1, -0.05) is 49.4 Å². The summed E-state index contributed by atoms with van der Waals surface area (Å²) in [6, 6.07) is 22.8. The molecule has 0 spiro atoms. The molecule has 0 aliphatic rings. The average molecular weight is 468 g/mol. The van der Waals surface area contributed by atoms with Crippen LogP contribution in [-0.2, 0) is 21.5 Å². The van der Waals surface area contributed by atoms with E-state index in [-0.39, 0.29) is 12.3 Å². The summed E-state index contributed by atoms with van der Waals surface area (Å²) in [6.45, 7) is 3.94. The minimum absolute atomic E-state index is 0.164. The van der Waals surface area contributed by atoms with Crippen LogP contribution in [-0.4, -0.2) is 24.3 Å². The lowest BCUT2D eigenvalue weighted by atomic mass is 9.73. The first kappa shape index (κ1) is 24.3. The maximum Gasteiger partial charge on any atom is 0.318 e. The highest BCUT2D eigenvalue weighted by molar-refractivity contribution is 7.79. The van der Waals surface area contributed by atoms with Crippen LogP contribution >= 0.6 is 0 Å². The monoisotopic (exact) mass is 467 g/mol. The van der Waals surface area contributed by atoms with E-state index in [0.29, 0.717) is 12.2 Å². The lowest BCUT2D eigenvalue weighted by Gasteiger charge is -2.31. The van der Waals surface area contributed by atoms with E-state index in [9.17, 15) is 9.00 Å².